The fourth-order valence-corrected chi connectivity index (χ4v) is 7.69. The van der Waals surface area contributed by atoms with Crippen LogP contribution in [0.5, 0.6) is 11.5 Å². The number of nitrogens with one attached hydrogen (secondary N) is 2. The molecule has 0 saturated carbocycles. The molecule has 2 aromatic heterocycles. The Hall–Kier alpha value is -3.71. The molecule has 0 aliphatic carbocycles. The second-order valence-corrected chi connectivity index (χ2v) is 13.7. The maximum atomic E-state index is 13.6. The first-order valence-electron chi connectivity index (χ1n) is 15.9. The van der Waals surface area contributed by atoms with Gasteiger partial charge in [0.05, 0.1) is 14.2 Å². The number of hydrogen-bond acceptors (Lipinski definition) is 10. The third-order valence-electron chi connectivity index (χ3n) is 9.01. The molecule has 0 amide bonds. The van der Waals surface area contributed by atoms with Crippen LogP contribution in [0, 0.1) is 5.92 Å². The molecule has 0 spiro atoms. The number of benzene rings is 2. The van der Waals surface area contributed by atoms with Gasteiger partial charge in [0.2, 0.25) is 0 Å². The molecule has 0 radical (unpaired) electrons. The van der Waals surface area contributed by atoms with Crippen molar-refractivity contribution in [2.24, 2.45) is 5.92 Å². The molecule has 13 heteroatoms. The van der Waals surface area contributed by atoms with E-state index in [0.29, 0.717) is 50.0 Å². The summed E-state index contributed by atoms with van der Waals surface area (Å²) in [6.45, 7) is 3.29. The Morgan fingerprint density at radius 1 is 0.980 bits per heavy atom. The number of aromatic amines is 1. The Morgan fingerprint density at radius 2 is 1.69 bits per heavy atom. The van der Waals surface area contributed by atoms with Gasteiger partial charge in [0.1, 0.15) is 33.2 Å². The number of carbonyl (C=O) groups is 2. The summed E-state index contributed by atoms with van der Waals surface area (Å²) in [5.74, 6) is 0.675. The van der Waals surface area contributed by atoms with Crippen molar-refractivity contribution in [2.45, 2.75) is 44.1 Å². The molecule has 3 N–H and O–H groups in total. The van der Waals surface area contributed by atoms with Crippen LogP contribution >= 0.6 is 34.5 Å². The highest BCUT2D eigenvalue weighted by atomic mass is 35.5. The maximum Gasteiger partial charge on any atom is 0.348 e. The lowest BCUT2D eigenvalue weighted by Gasteiger charge is -2.44. The fourth-order valence-electron chi connectivity index (χ4n) is 6.36. The first-order chi connectivity index (χ1) is 23.3. The van der Waals surface area contributed by atoms with Gasteiger partial charge in [-0.25, -0.2) is 14.6 Å². The van der Waals surface area contributed by atoms with E-state index in [9.17, 15) is 9.59 Å². The maximum absolute atomic E-state index is 13.6. The van der Waals surface area contributed by atoms with E-state index in [2.05, 4.69) is 15.2 Å². The van der Waals surface area contributed by atoms with Crippen molar-refractivity contribution in [1.82, 2.24) is 10.2 Å². The number of aromatic nitrogens is 1. The zero-order valence-electron chi connectivity index (χ0n) is 27.2. The molecular weight excluding hydrogens is 689 g/mol. The van der Waals surface area contributed by atoms with Crippen LogP contribution in [0.1, 0.15) is 56.9 Å². The highest BCUT2D eigenvalue weighted by Gasteiger charge is 2.38. The number of halogens is 2. The van der Waals surface area contributed by atoms with Crippen LogP contribution in [0.2, 0.25) is 10.0 Å². The summed E-state index contributed by atoms with van der Waals surface area (Å²) >= 11 is 14.2. The summed E-state index contributed by atoms with van der Waals surface area (Å²) in [7, 11) is 3.10. The minimum Gasteiger partial charge on any atom is -0.870 e. The molecule has 2 aromatic carbocycles. The summed E-state index contributed by atoms with van der Waals surface area (Å²) < 4.78 is 23.1. The van der Waals surface area contributed by atoms with Crippen LogP contribution in [0.15, 0.2) is 72.4 Å². The van der Waals surface area contributed by atoms with Gasteiger partial charge < -0.3 is 24.4 Å². The van der Waals surface area contributed by atoms with Crippen LogP contribution in [-0.2, 0) is 27.2 Å². The number of methoxy groups -OCH3 is 2. The van der Waals surface area contributed by atoms with E-state index in [-0.39, 0.29) is 24.0 Å². The molecule has 3 fully saturated rings. The number of fused-ring (bicyclic) bond motifs is 3. The number of hydrogen-bond donors (Lipinski definition) is 1. The first-order valence-corrected chi connectivity index (χ1v) is 17.5. The number of piperidine rings is 3. The number of ether oxygens (including phenoxy) is 4. The topological polar surface area (TPSA) is 130 Å². The zero-order chi connectivity index (χ0) is 33.6. The first kappa shape index (κ1) is 36.6. The largest absolute Gasteiger partial charge is 0.870 e. The average molecular weight is 729 g/mol. The summed E-state index contributed by atoms with van der Waals surface area (Å²) in [4.78, 5) is 32.8. The predicted molar refractivity (Wildman–Crippen MR) is 186 cm³/mol. The van der Waals surface area contributed by atoms with E-state index in [1.54, 1.807) is 44.8 Å². The second-order valence-electron chi connectivity index (χ2n) is 12.0. The van der Waals surface area contributed by atoms with Gasteiger partial charge in [0.15, 0.2) is 23.9 Å². The van der Waals surface area contributed by atoms with Gasteiger partial charge in [0, 0.05) is 25.1 Å². The Labute approximate surface area is 299 Å². The molecule has 3 aliphatic heterocycles. The van der Waals surface area contributed by atoms with Crippen molar-refractivity contribution in [3.8, 4) is 11.5 Å². The number of pyridine rings is 1. The fraction of sp³-hybridized carbons (Fsp3) is 0.361. The van der Waals surface area contributed by atoms with E-state index in [1.807, 2.05) is 41.8 Å². The third-order valence-corrected chi connectivity index (χ3v) is 10.6. The molecule has 49 heavy (non-hydrogen) atoms. The molecule has 3 aliphatic rings. The molecule has 3 atom stereocenters. The molecule has 2 bridgehead atoms. The number of rotatable bonds is 13. The Bertz CT molecular complexity index is 1710. The number of H-pyrrole nitrogens is 1. The summed E-state index contributed by atoms with van der Waals surface area (Å²) in [6.07, 6.45) is 4.79. The number of thiophene rings is 1. The normalized spacial score (nSPS) is 19.3. The Morgan fingerprint density at radius 3 is 2.35 bits per heavy atom. The molecule has 4 aromatic rings. The van der Waals surface area contributed by atoms with Crippen LogP contribution < -0.4 is 19.8 Å². The molecule has 7 rings (SSSR count). The van der Waals surface area contributed by atoms with Crippen molar-refractivity contribution in [3.63, 3.8) is 0 Å². The Balaban J connectivity index is 0.00000468. The zero-order valence-corrected chi connectivity index (χ0v) is 29.5. The van der Waals surface area contributed by atoms with Crippen molar-refractivity contribution in [3.05, 3.63) is 110 Å². The SMILES string of the molecule is COc1ccc([C@H](Cc2c(Cl)c[nH+]cc2Cl)OC(=O)c2cc(CNC(C(=O)O[C@H]3CN4CCC3CC4)c3ccccc3)cs2)cc1OC.[OH-]. The van der Waals surface area contributed by atoms with Gasteiger partial charge in [-0.1, -0.05) is 59.6 Å². The number of carbonyl (C=O) groups excluding carboxylic acids is 2. The van der Waals surface area contributed by atoms with Crippen molar-refractivity contribution < 1.29 is 39.0 Å². The summed E-state index contributed by atoms with van der Waals surface area (Å²) in [5.41, 5.74) is 2.99. The van der Waals surface area contributed by atoms with Gasteiger partial charge in [0.25, 0.3) is 0 Å². The summed E-state index contributed by atoms with van der Waals surface area (Å²) in [6, 6.07) is 16.1. The van der Waals surface area contributed by atoms with Crippen molar-refractivity contribution >= 4 is 46.5 Å². The van der Waals surface area contributed by atoms with E-state index >= 15 is 0 Å². The second kappa shape index (κ2) is 16.8. The van der Waals surface area contributed by atoms with Crippen LogP contribution in [0.3, 0.4) is 0 Å². The smallest absolute Gasteiger partial charge is 0.348 e. The van der Waals surface area contributed by atoms with Gasteiger partial charge in [-0.15, -0.1) is 11.3 Å². The quantitative estimate of drug-likeness (QED) is 0.157. The standard InChI is InChI=1S/C36H37Cl2N3O6S.H2O/c1-44-29-9-8-25(15-31(29)45-2)30(16-26-27(37)18-39-19-28(26)38)46-35(42)33-14-22(21-48-33)17-40-34(24-6-4-3-5-7-24)36(43)47-32-20-41-12-10-23(32)11-13-41;/h3-9,14-15,18-19,21,23,30,32,34,40H,10-13,16-17,20H2,1-2H3;1H2/t30-,32-,34?;/m0./s1. The van der Waals surface area contributed by atoms with Crippen LogP contribution in [0.25, 0.3) is 0 Å². The molecular formula is C36H39Cl2N3O7S. The Kier molecular flexibility index (Phi) is 12.5. The molecule has 5 heterocycles. The lowest BCUT2D eigenvalue weighted by atomic mass is 9.86. The molecule has 1 unspecified atom stereocenters. The molecule has 10 nitrogen and oxygen atoms in total. The van der Waals surface area contributed by atoms with Gasteiger partial charge in [-0.3, -0.25) is 10.2 Å². The van der Waals surface area contributed by atoms with E-state index < -0.39 is 18.1 Å². The van der Waals surface area contributed by atoms with Crippen molar-refractivity contribution in [2.75, 3.05) is 33.9 Å². The number of esters is 2. The van der Waals surface area contributed by atoms with Crippen molar-refractivity contribution in [1.29, 1.82) is 0 Å². The molecule has 260 valence electrons. The summed E-state index contributed by atoms with van der Waals surface area (Å²) in [5, 5.41) is 6.12. The van der Waals surface area contributed by atoms with Gasteiger partial charge in [-0.2, -0.15) is 0 Å². The lowest BCUT2D eigenvalue weighted by Crippen LogP contribution is -2.52. The van der Waals surface area contributed by atoms with Gasteiger partial charge in [-0.05, 0) is 72.1 Å². The third kappa shape index (κ3) is 8.72. The average Bonchev–Trinajstić information content (AvgIpc) is 3.59. The van der Waals surface area contributed by atoms with E-state index in [0.717, 1.165) is 43.6 Å². The predicted octanol–water partition coefficient (Wildman–Crippen LogP) is 6.32. The van der Waals surface area contributed by atoms with Gasteiger partial charge >= 0.3 is 11.9 Å². The van der Waals surface area contributed by atoms with E-state index in [1.165, 1.54) is 11.3 Å². The van der Waals surface area contributed by atoms with Crippen LogP contribution in [-0.4, -0.2) is 62.3 Å². The minimum atomic E-state index is -0.734. The number of nitrogens with zero attached hydrogens (tertiary/aromatic N) is 1. The molecule has 3 saturated heterocycles. The highest BCUT2D eigenvalue weighted by molar-refractivity contribution is 7.12. The highest BCUT2D eigenvalue weighted by Crippen LogP contribution is 2.36. The minimum absolute atomic E-state index is 0. The van der Waals surface area contributed by atoms with E-state index in [4.69, 9.17) is 42.1 Å². The lowest BCUT2D eigenvalue weighted by molar-refractivity contribution is -0.377. The monoisotopic (exact) mass is 727 g/mol. The van der Waals surface area contributed by atoms with Crippen LogP contribution in [0.4, 0.5) is 0 Å².